The highest BCUT2D eigenvalue weighted by Gasteiger charge is 2.33. The molecule has 1 aromatic heterocycles. The lowest BCUT2D eigenvalue weighted by Crippen LogP contribution is -2.47. The monoisotopic (exact) mass is 431 g/mol. The number of thiophene rings is 1. The first-order chi connectivity index (χ1) is 10.8. The molecule has 0 radical (unpaired) electrons. The SMILES string of the molecule is NC1=NC(N2CCN(CI)CC2)c2sc3c(c2N1)CCCC3. The lowest BCUT2D eigenvalue weighted by molar-refractivity contribution is 0.114. The van der Waals surface area contributed by atoms with Gasteiger partial charge in [-0.25, -0.2) is 4.99 Å². The number of nitrogens with one attached hydrogen (secondary N) is 1. The number of aliphatic imine (C=N–C) groups is 1. The van der Waals surface area contributed by atoms with E-state index < -0.39 is 0 Å². The fraction of sp³-hybridized carbons (Fsp3) is 0.667. The zero-order chi connectivity index (χ0) is 15.1. The molecule has 0 spiro atoms. The molecular weight excluding hydrogens is 409 g/mol. The molecule has 1 saturated heterocycles. The number of nitrogens with two attached hydrogens (primary N) is 1. The second-order valence-electron chi connectivity index (χ2n) is 6.24. The summed E-state index contributed by atoms with van der Waals surface area (Å²) >= 11 is 4.41. The largest absolute Gasteiger partial charge is 0.370 e. The molecule has 3 N–H and O–H groups in total. The van der Waals surface area contributed by atoms with Crippen molar-refractivity contribution in [2.45, 2.75) is 31.8 Å². The van der Waals surface area contributed by atoms with Crippen molar-refractivity contribution in [3.8, 4) is 0 Å². The Hall–Kier alpha value is -0.380. The van der Waals surface area contributed by atoms with Gasteiger partial charge in [-0.05, 0) is 31.2 Å². The minimum absolute atomic E-state index is 0.128. The molecule has 7 heteroatoms. The molecule has 1 atom stereocenters. The van der Waals surface area contributed by atoms with Crippen LogP contribution in [0.5, 0.6) is 0 Å². The van der Waals surface area contributed by atoms with Crippen LogP contribution in [0.3, 0.4) is 0 Å². The molecule has 2 aliphatic heterocycles. The molecule has 1 aromatic rings. The standard InChI is InChI=1S/C15H22IN5S/c16-9-20-5-7-21(8-6-20)14-13-12(18-15(17)19-14)10-3-1-2-4-11(10)22-13/h14H,1-9H2,(H3,17,18,19). The van der Waals surface area contributed by atoms with Crippen LogP contribution in [0, 0.1) is 0 Å². The number of halogens is 1. The number of fused-ring (bicyclic) bond motifs is 3. The molecule has 3 heterocycles. The zero-order valence-corrected chi connectivity index (χ0v) is 15.6. The lowest BCUT2D eigenvalue weighted by atomic mass is 9.97. The van der Waals surface area contributed by atoms with E-state index in [1.807, 2.05) is 11.3 Å². The van der Waals surface area contributed by atoms with Crippen molar-refractivity contribution in [2.75, 3.05) is 36.0 Å². The molecule has 0 bridgehead atoms. The van der Waals surface area contributed by atoms with E-state index >= 15 is 0 Å². The highest BCUT2D eigenvalue weighted by Crippen LogP contribution is 2.45. The summed E-state index contributed by atoms with van der Waals surface area (Å²) < 4.78 is 1.11. The van der Waals surface area contributed by atoms with E-state index in [-0.39, 0.29) is 6.17 Å². The van der Waals surface area contributed by atoms with Crippen molar-refractivity contribution in [1.29, 1.82) is 0 Å². The van der Waals surface area contributed by atoms with Gasteiger partial charge in [0.25, 0.3) is 0 Å². The van der Waals surface area contributed by atoms with Gasteiger partial charge in [0.05, 0.1) is 15.1 Å². The van der Waals surface area contributed by atoms with Crippen LogP contribution in [-0.2, 0) is 12.8 Å². The predicted octanol–water partition coefficient (Wildman–Crippen LogP) is 2.38. The normalized spacial score (nSPS) is 26.0. The van der Waals surface area contributed by atoms with Crippen LogP contribution >= 0.6 is 33.9 Å². The minimum Gasteiger partial charge on any atom is -0.370 e. The summed E-state index contributed by atoms with van der Waals surface area (Å²) in [6, 6.07) is 0. The number of nitrogens with zero attached hydrogens (tertiary/aromatic N) is 3. The van der Waals surface area contributed by atoms with Crippen molar-refractivity contribution in [3.05, 3.63) is 15.3 Å². The van der Waals surface area contributed by atoms with E-state index in [1.165, 1.54) is 41.8 Å². The summed E-state index contributed by atoms with van der Waals surface area (Å²) in [5, 5.41) is 3.36. The molecule has 22 heavy (non-hydrogen) atoms. The maximum Gasteiger partial charge on any atom is 0.195 e. The minimum atomic E-state index is 0.128. The topological polar surface area (TPSA) is 56.9 Å². The molecule has 5 nitrogen and oxygen atoms in total. The predicted molar refractivity (Wildman–Crippen MR) is 101 cm³/mol. The summed E-state index contributed by atoms with van der Waals surface area (Å²) in [4.78, 5) is 12.7. The quantitative estimate of drug-likeness (QED) is 0.429. The molecule has 3 aliphatic rings. The van der Waals surface area contributed by atoms with Gasteiger partial charge >= 0.3 is 0 Å². The molecule has 1 fully saturated rings. The molecule has 0 aromatic carbocycles. The van der Waals surface area contributed by atoms with E-state index in [1.54, 1.807) is 4.88 Å². The van der Waals surface area contributed by atoms with Gasteiger partial charge in [-0.2, -0.15) is 0 Å². The number of hydrogen-bond donors (Lipinski definition) is 2. The average Bonchev–Trinajstić information content (AvgIpc) is 2.93. The first-order valence-corrected chi connectivity index (χ1v) is 10.4. The van der Waals surface area contributed by atoms with Crippen LogP contribution < -0.4 is 11.1 Å². The van der Waals surface area contributed by atoms with E-state index in [0.717, 1.165) is 30.7 Å². The van der Waals surface area contributed by atoms with Crippen LogP contribution in [0.2, 0.25) is 0 Å². The van der Waals surface area contributed by atoms with E-state index in [4.69, 9.17) is 10.7 Å². The summed E-state index contributed by atoms with van der Waals surface area (Å²) in [6.07, 6.45) is 5.17. The molecule has 4 rings (SSSR count). The number of hydrogen-bond acceptors (Lipinski definition) is 6. The summed E-state index contributed by atoms with van der Waals surface area (Å²) in [7, 11) is 0. The van der Waals surface area contributed by atoms with Crippen LogP contribution in [0.25, 0.3) is 0 Å². The Morgan fingerprint density at radius 3 is 2.77 bits per heavy atom. The van der Waals surface area contributed by atoms with Crippen molar-refractivity contribution < 1.29 is 0 Å². The number of piperazine rings is 1. The van der Waals surface area contributed by atoms with Crippen molar-refractivity contribution in [1.82, 2.24) is 9.80 Å². The second kappa shape index (κ2) is 6.26. The summed E-state index contributed by atoms with van der Waals surface area (Å²) in [5.74, 6) is 0.583. The number of guanidine groups is 1. The van der Waals surface area contributed by atoms with Gasteiger partial charge in [0.2, 0.25) is 0 Å². The molecular formula is C15H22IN5S. The Balaban J connectivity index is 1.63. The van der Waals surface area contributed by atoms with Gasteiger partial charge < -0.3 is 11.1 Å². The van der Waals surface area contributed by atoms with Gasteiger partial charge in [0.15, 0.2) is 5.96 Å². The third-order valence-electron chi connectivity index (χ3n) is 4.87. The summed E-state index contributed by atoms with van der Waals surface area (Å²) in [6.45, 7) is 4.41. The fourth-order valence-corrected chi connectivity index (χ4v) is 5.74. The molecule has 1 unspecified atom stereocenters. The Bertz CT molecular complexity index is 591. The first kappa shape index (κ1) is 15.2. The highest BCUT2D eigenvalue weighted by molar-refractivity contribution is 14.1. The average molecular weight is 431 g/mol. The fourth-order valence-electron chi connectivity index (χ4n) is 3.63. The smallest absolute Gasteiger partial charge is 0.195 e. The number of anilines is 1. The molecule has 0 saturated carbocycles. The third-order valence-corrected chi connectivity index (χ3v) is 7.17. The van der Waals surface area contributed by atoms with E-state index in [2.05, 4.69) is 37.7 Å². The molecule has 1 aliphatic carbocycles. The zero-order valence-electron chi connectivity index (χ0n) is 12.6. The van der Waals surface area contributed by atoms with Crippen LogP contribution in [0.4, 0.5) is 5.69 Å². The van der Waals surface area contributed by atoms with Crippen molar-refractivity contribution >= 4 is 45.6 Å². The van der Waals surface area contributed by atoms with E-state index in [9.17, 15) is 0 Å². The Labute approximate surface area is 149 Å². The molecule has 0 amide bonds. The lowest BCUT2D eigenvalue weighted by Gasteiger charge is -2.38. The Morgan fingerprint density at radius 1 is 1.23 bits per heavy atom. The Morgan fingerprint density at radius 2 is 2.00 bits per heavy atom. The third kappa shape index (κ3) is 2.65. The van der Waals surface area contributed by atoms with Gasteiger partial charge in [-0.1, -0.05) is 22.6 Å². The maximum absolute atomic E-state index is 6.10. The number of alkyl halides is 1. The van der Waals surface area contributed by atoms with Gasteiger partial charge in [0, 0.05) is 31.1 Å². The van der Waals surface area contributed by atoms with E-state index in [0.29, 0.717) is 5.96 Å². The summed E-state index contributed by atoms with van der Waals surface area (Å²) in [5.41, 5.74) is 8.90. The number of aryl methyl sites for hydroxylation is 1. The van der Waals surface area contributed by atoms with Gasteiger partial charge in [-0.15, -0.1) is 11.3 Å². The van der Waals surface area contributed by atoms with Crippen molar-refractivity contribution in [3.63, 3.8) is 0 Å². The van der Waals surface area contributed by atoms with Crippen molar-refractivity contribution in [2.24, 2.45) is 10.7 Å². The second-order valence-corrected chi connectivity index (χ2v) is 8.06. The highest BCUT2D eigenvalue weighted by atomic mass is 127. The first-order valence-electron chi connectivity index (χ1n) is 8.03. The van der Waals surface area contributed by atoms with Gasteiger partial charge in [0.1, 0.15) is 6.17 Å². The van der Waals surface area contributed by atoms with Crippen LogP contribution in [-0.4, -0.2) is 46.5 Å². The number of rotatable bonds is 2. The Kier molecular flexibility index (Phi) is 4.31. The van der Waals surface area contributed by atoms with Crippen LogP contribution in [0.1, 0.15) is 34.3 Å². The van der Waals surface area contributed by atoms with Crippen LogP contribution in [0.15, 0.2) is 4.99 Å². The molecule has 120 valence electrons. The van der Waals surface area contributed by atoms with Gasteiger partial charge in [-0.3, -0.25) is 9.80 Å². The maximum atomic E-state index is 6.10.